The molecule has 0 radical (unpaired) electrons. The first-order chi connectivity index (χ1) is 12.5. The first-order valence-corrected chi connectivity index (χ1v) is 8.23. The summed E-state index contributed by atoms with van der Waals surface area (Å²) in [5.41, 5.74) is 3.53. The molecule has 1 amide bonds. The molecule has 0 unspecified atom stereocenters. The van der Waals surface area contributed by atoms with Crippen molar-refractivity contribution in [1.82, 2.24) is 10.2 Å². The highest BCUT2D eigenvalue weighted by atomic mass is 19.1. The van der Waals surface area contributed by atoms with Gasteiger partial charge in [0.15, 0.2) is 11.6 Å². The number of aryl methyl sites for hydroxylation is 2. The maximum Gasteiger partial charge on any atom is 0.230 e. The van der Waals surface area contributed by atoms with Crippen molar-refractivity contribution in [2.75, 3.05) is 10.6 Å². The Morgan fingerprint density at radius 3 is 2.23 bits per heavy atom. The van der Waals surface area contributed by atoms with Crippen LogP contribution in [0.4, 0.5) is 21.7 Å². The number of hydrogen-bond acceptors (Lipinski definition) is 4. The van der Waals surface area contributed by atoms with E-state index in [1.807, 2.05) is 32.0 Å². The van der Waals surface area contributed by atoms with Crippen molar-refractivity contribution in [1.29, 1.82) is 0 Å². The van der Waals surface area contributed by atoms with Crippen LogP contribution in [0.5, 0.6) is 0 Å². The second kappa shape index (κ2) is 7.74. The first kappa shape index (κ1) is 17.5. The van der Waals surface area contributed by atoms with E-state index >= 15 is 0 Å². The summed E-state index contributed by atoms with van der Waals surface area (Å²) in [6.07, 6.45) is -0.0588. The number of para-hydroxylation sites is 1. The van der Waals surface area contributed by atoms with Gasteiger partial charge in [0.2, 0.25) is 5.91 Å². The summed E-state index contributed by atoms with van der Waals surface area (Å²) in [5, 5.41) is 13.9. The van der Waals surface area contributed by atoms with Gasteiger partial charge in [0, 0.05) is 5.69 Å². The van der Waals surface area contributed by atoms with Crippen molar-refractivity contribution >= 4 is 23.2 Å². The van der Waals surface area contributed by atoms with E-state index < -0.39 is 5.82 Å². The summed E-state index contributed by atoms with van der Waals surface area (Å²) in [7, 11) is 0. The molecule has 132 valence electrons. The van der Waals surface area contributed by atoms with E-state index in [1.54, 1.807) is 30.3 Å². The van der Waals surface area contributed by atoms with Gasteiger partial charge in [0.1, 0.15) is 5.82 Å². The molecule has 0 bridgehead atoms. The third-order valence-corrected chi connectivity index (χ3v) is 3.98. The van der Waals surface area contributed by atoms with Crippen molar-refractivity contribution in [3.8, 4) is 0 Å². The molecule has 0 fully saturated rings. The summed E-state index contributed by atoms with van der Waals surface area (Å²) in [6, 6.07) is 15.6. The maximum atomic E-state index is 13.6. The maximum absolute atomic E-state index is 13.6. The van der Waals surface area contributed by atoms with Crippen molar-refractivity contribution in [2.24, 2.45) is 0 Å². The number of halogens is 1. The molecule has 3 aromatic rings. The number of amides is 1. The van der Waals surface area contributed by atoms with Crippen LogP contribution in [-0.2, 0) is 11.2 Å². The van der Waals surface area contributed by atoms with Crippen LogP contribution in [0.2, 0.25) is 0 Å². The molecule has 1 aromatic heterocycles. The van der Waals surface area contributed by atoms with Crippen molar-refractivity contribution < 1.29 is 9.18 Å². The molecule has 2 aromatic carbocycles. The monoisotopic (exact) mass is 350 g/mol. The van der Waals surface area contributed by atoms with Crippen molar-refractivity contribution in [3.63, 3.8) is 0 Å². The highest BCUT2D eigenvalue weighted by Crippen LogP contribution is 2.23. The number of hydrogen-bond donors (Lipinski definition) is 2. The second-order valence-corrected chi connectivity index (χ2v) is 6.01. The topological polar surface area (TPSA) is 66.9 Å². The van der Waals surface area contributed by atoms with Crippen LogP contribution in [-0.4, -0.2) is 16.1 Å². The number of nitrogens with one attached hydrogen (secondary N) is 2. The molecule has 0 spiro atoms. The van der Waals surface area contributed by atoms with Crippen LogP contribution in [0.25, 0.3) is 0 Å². The molecule has 0 aliphatic heterocycles. The van der Waals surface area contributed by atoms with Gasteiger partial charge in [-0.15, -0.1) is 10.2 Å². The van der Waals surface area contributed by atoms with Gasteiger partial charge in [-0.05, 0) is 48.7 Å². The highest BCUT2D eigenvalue weighted by Gasteiger charge is 2.09. The number of nitrogens with zero attached hydrogens (tertiary/aromatic N) is 2. The summed E-state index contributed by atoms with van der Waals surface area (Å²) in [6.45, 7) is 4.03. The van der Waals surface area contributed by atoms with Gasteiger partial charge in [-0.3, -0.25) is 4.79 Å². The zero-order valence-electron chi connectivity index (χ0n) is 14.6. The predicted octanol–water partition coefficient (Wildman–Crippen LogP) is 4.16. The van der Waals surface area contributed by atoms with E-state index in [1.165, 1.54) is 6.07 Å². The van der Waals surface area contributed by atoms with Gasteiger partial charge in [-0.1, -0.05) is 36.4 Å². The Morgan fingerprint density at radius 2 is 1.58 bits per heavy atom. The Labute approximate surface area is 151 Å². The minimum Gasteiger partial charge on any atom is -0.338 e. The summed E-state index contributed by atoms with van der Waals surface area (Å²) < 4.78 is 13.6. The number of rotatable bonds is 5. The molecule has 26 heavy (non-hydrogen) atoms. The van der Waals surface area contributed by atoms with Crippen LogP contribution in [0.15, 0.2) is 54.6 Å². The summed E-state index contributed by atoms with van der Waals surface area (Å²) >= 11 is 0. The number of carbonyl (C=O) groups excluding carboxylic acids is 1. The third kappa shape index (κ3) is 4.22. The Bertz CT molecular complexity index is 905. The average Bonchev–Trinajstić information content (AvgIpc) is 2.62. The van der Waals surface area contributed by atoms with Crippen LogP contribution < -0.4 is 10.6 Å². The van der Waals surface area contributed by atoms with Gasteiger partial charge >= 0.3 is 0 Å². The molecule has 0 atom stereocenters. The Morgan fingerprint density at radius 1 is 0.923 bits per heavy atom. The Hall–Kier alpha value is -3.28. The molecule has 3 rings (SSSR count). The van der Waals surface area contributed by atoms with Gasteiger partial charge < -0.3 is 10.6 Å². The molecule has 0 aliphatic carbocycles. The lowest BCUT2D eigenvalue weighted by Crippen LogP contribution is -2.16. The largest absolute Gasteiger partial charge is 0.338 e. The quantitative estimate of drug-likeness (QED) is 0.725. The summed E-state index contributed by atoms with van der Waals surface area (Å²) in [4.78, 5) is 12.0. The van der Waals surface area contributed by atoms with Gasteiger partial charge in [0.25, 0.3) is 0 Å². The number of aromatic nitrogens is 2. The molecule has 0 saturated heterocycles. The fraction of sp³-hybridized carbons (Fsp3) is 0.150. The van der Waals surface area contributed by atoms with E-state index in [0.717, 1.165) is 16.8 Å². The van der Waals surface area contributed by atoms with Crippen LogP contribution in [0.1, 0.15) is 16.7 Å². The van der Waals surface area contributed by atoms with Crippen molar-refractivity contribution in [2.45, 2.75) is 20.3 Å². The van der Waals surface area contributed by atoms with E-state index in [9.17, 15) is 9.18 Å². The zero-order valence-corrected chi connectivity index (χ0v) is 14.6. The van der Waals surface area contributed by atoms with E-state index in [4.69, 9.17) is 0 Å². The minimum atomic E-state index is -0.401. The number of benzene rings is 2. The smallest absolute Gasteiger partial charge is 0.230 e. The van der Waals surface area contributed by atoms with Gasteiger partial charge in [-0.25, -0.2) is 4.39 Å². The predicted molar refractivity (Wildman–Crippen MR) is 100.0 cm³/mol. The molecule has 6 heteroatoms. The first-order valence-electron chi connectivity index (χ1n) is 8.23. The highest BCUT2D eigenvalue weighted by molar-refractivity contribution is 5.91. The third-order valence-electron chi connectivity index (χ3n) is 3.98. The molecule has 5 nitrogen and oxygen atoms in total. The van der Waals surface area contributed by atoms with E-state index in [0.29, 0.717) is 17.2 Å². The lowest BCUT2D eigenvalue weighted by Gasteiger charge is -2.11. The van der Waals surface area contributed by atoms with E-state index in [-0.39, 0.29) is 12.3 Å². The fourth-order valence-electron chi connectivity index (χ4n) is 2.61. The summed E-state index contributed by atoms with van der Waals surface area (Å²) in [5.74, 6) is 0.148. The van der Waals surface area contributed by atoms with Crippen LogP contribution >= 0.6 is 0 Å². The standard InChI is InChI=1S/C20H19FN4O/c1-13-6-5-7-14(2)20(13)23-18-11-10-17(24-25-18)22-19(26)12-15-8-3-4-9-16(15)21/h3-11H,12H2,1-2H3,(H,23,25)(H,22,24,26). The average molecular weight is 350 g/mol. The zero-order chi connectivity index (χ0) is 18.5. The molecular formula is C20H19FN4O. The minimum absolute atomic E-state index is 0.0588. The number of carbonyl (C=O) groups is 1. The Kier molecular flexibility index (Phi) is 5.22. The SMILES string of the molecule is Cc1cccc(C)c1Nc1ccc(NC(=O)Cc2ccccc2F)nn1. The number of anilines is 3. The lowest BCUT2D eigenvalue weighted by atomic mass is 10.1. The molecule has 2 N–H and O–H groups in total. The second-order valence-electron chi connectivity index (χ2n) is 6.01. The van der Waals surface area contributed by atoms with E-state index in [2.05, 4.69) is 20.8 Å². The van der Waals surface area contributed by atoms with Gasteiger partial charge in [-0.2, -0.15) is 0 Å². The van der Waals surface area contributed by atoms with Crippen molar-refractivity contribution in [3.05, 3.63) is 77.1 Å². The lowest BCUT2D eigenvalue weighted by molar-refractivity contribution is -0.115. The normalized spacial score (nSPS) is 10.4. The molecule has 0 saturated carbocycles. The van der Waals surface area contributed by atoms with Crippen LogP contribution in [0.3, 0.4) is 0 Å². The fourth-order valence-corrected chi connectivity index (χ4v) is 2.61. The molecule has 0 aliphatic rings. The van der Waals surface area contributed by atoms with Gasteiger partial charge in [0.05, 0.1) is 6.42 Å². The molecule has 1 heterocycles. The van der Waals surface area contributed by atoms with Crippen LogP contribution in [0, 0.1) is 19.7 Å². The molecular weight excluding hydrogens is 331 g/mol. The Balaban J connectivity index is 1.64.